The van der Waals surface area contributed by atoms with Crippen molar-refractivity contribution >= 4 is 5.91 Å². The number of carbonyl (C=O) groups excluding carboxylic acids is 1. The van der Waals surface area contributed by atoms with Gasteiger partial charge < -0.3 is 16.2 Å². The molecule has 1 unspecified atom stereocenters. The molecule has 0 aromatic heterocycles. The maximum absolute atomic E-state index is 11.1. The molecular formula is C13H20N2O2. The summed E-state index contributed by atoms with van der Waals surface area (Å²) in [6.07, 6.45) is -0.0149. The van der Waals surface area contributed by atoms with E-state index < -0.39 is 12.0 Å². The third-order valence-corrected chi connectivity index (χ3v) is 2.68. The zero-order valence-corrected chi connectivity index (χ0v) is 10.6. The molecule has 4 nitrogen and oxygen atoms in total. The fourth-order valence-electron chi connectivity index (χ4n) is 1.58. The summed E-state index contributed by atoms with van der Waals surface area (Å²) >= 11 is 0. The Bertz CT molecular complexity index is 402. The van der Waals surface area contributed by atoms with Crippen LogP contribution in [0.5, 0.6) is 5.75 Å². The quantitative estimate of drug-likeness (QED) is 0.816. The normalized spacial score (nSPS) is 14.1. The average molecular weight is 236 g/mol. The molecule has 0 saturated heterocycles. The molecule has 0 fully saturated rings. The maximum Gasteiger partial charge on any atom is 0.258 e. The smallest absolute Gasteiger partial charge is 0.258 e. The van der Waals surface area contributed by atoms with E-state index in [4.69, 9.17) is 16.2 Å². The molecule has 1 rings (SSSR count). The molecule has 4 heteroatoms. The summed E-state index contributed by atoms with van der Waals surface area (Å²) < 4.78 is 5.58. The van der Waals surface area contributed by atoms with Gasteiger partial charge in [0, 0.05) is 6.04 Å². The van der Waals surface area contributed by atoms with E-state index in [2.05, 4.69) is 0 Å². The predicted octanol–water partition coefficient (Wildman–Crippen LogP) is 1.66. The molecule has 0 heterocycles. The Morgan fingerprint density at radius 1 is 1.47 bits per heavy atom. The molecular weight excluding hydrogens is 216 g/mol. The minimum atomic E-state index is -0.574. The highest BCUT2D eigenvalue weighted by molar-refractivity contribution is 5.79. The van der Waals surface area contributed by atoms with Gasteiger partial charge in [0.1, 0.15) is 5.75 Å². The van der Waals surface area contributed by atoms with Gasteiger partial charge in [0.2, 0.25) is 0 Å². The molecule has 0 spiro atoms. The van der Waals surface area contributed by atoms with E-state index >= 15 is 0 Å². The topological polar surface area (TPSA) is 78.3 Å². The summed E-state index contributed by atoms with van der Waals surface area (Å²) in [6, 6.07) is 5.69. The Morgan fingerprint density at radius 2 is 2.12 bits per heavy atom. The van der Waals surface area contributed by atoms with Crippen molar-refractivity contribution in [1.29, 1.82) is 0 Å². The van der Waals surface area contributed by atoms with Crippen LogP contribution in [-0.4, -0.2) is 12.0 Å². The van der Waals surface area contributed by atoms with Crippen molar-refractivity contribution in [3.8, 4) is 5.75 Å². The van der Waals surface area contributed by atoms with Crippen LogP contribution in [0.2, 0.25) is 0 Å². The van der Waals surface area contributed by atoms with Gasteiger partial charge in [0.15, 0.2) is 6.10 Å². The molecule has 4 N–H and O–H groups in total. The number of carbonyl (C=O) groups is 1. The van der Waals surface area contributed by atoms with E-state index in [1.807, 2.05) is 39.0 Å². The maximum atomic E-state index is 11.1. The Balaban J connectivity index is 2.89. The summed E-state index contributed by atoms with van der Waals surface area (Å²) in [5, 5.41) is 0. The van der Waals surface area contributed by atoms with Crippen LogP contribution >= 0.6 is 0 Å². The lowest BCUT2D eigenvalue weighted by molar-refractivity contribution is -0.124. The van der Waals surface area contributed by atoms with Crippen LogP contribution in [0.1, 0.15) is 37.4 Å². The van der Waals surface area contributed by atoms with Gasteiger partial charge in [0.05, 0.1) is 0 Å². The van der Waals surface area contributed by atoms with Crippen molar-refractivity contribution in [2.24, 2.45) is 11.5 Å². The molecule has 94 valence electrons. The van der Waals surface area contributed by atoms with Gasteiger partial charge in [0.25, 0.3) is 5.91 Å². The lowest BCUT2D eigenvalue weighted by Crippen LogP contribution is -2.33. The number of hydrogen-bond acceptors (Lipinski definition) is 3. The largest absolute Gasteiger partial charge is 0.480 e. The van der Waals surface area contributed by atoms with Crippen molar-refractivity contribution in [3.05, 3.63) is 29.3 Å². The molecule has 0 bridgehead atoms. The Morgan fingerprint density at radius 3 is 2.53 bits per heavy atom. The van der Waals surface area contributed by atoms with Gasteiger partial charge in [-0.1, -0.05) is 19.1 Å². The highest BCUT2D eigenvalue weighted by Crippen LogP contribution is 2.23. The molecule has 0 aliphatic heterocycles. The van der Waals surface area contributed by atoms with Crippen molar-refractivity contribution in [2.75, 3.05) is 0 Å². The number of benzene rings is 1. The number of nitrogens with two attached hydrogens (primary N) is 2. The standard InChI is InChI=1S/C13H20N2O2/c1-4-11(13(15)16)17-12-6-5-10(9(3)14)7-8(12)2/h5-7,9,11H,4,14H2,1-3H3,(H2,15,16)/t9-,11?/m1/s1. The van der Waals surface area contributed by atoms with Crippen molar-refractivity contribution in [1.82, 2.24) is 0 Å². The molecule has 1 amide bonds. The lowest BCUT2D eigenvalue weighted by atomic mass is 10.1. The number of hydrogen-bond donors (Lipinski definition) is 2. The van der Waals surface area contributed by atoms with Crippen LogP contribution in [0.3, 0.4) is 0 Å². The van der Waals surface area contributed by atoms with E-state index in [1.165, 1.54) is 0 Å². The zero-order chi connectivity index (χ0) is 13.0. The van der Waals surface area contributed by atoms with E-state index in [9.17, 15) is 4.79 Å². The SMILES string of the molecule is CCC(Oc1ccc([C@@H](C)N)cc1C)C(N)=O. The number of amides is 1. The van der Waals surface area contributed by atoms with E-state index in [0.29, 0.717) is 12.2 Å². The molecule has 17 heavy (non-hydrogen) atoms. The third kappa shape index (κ3) is 3.46. The fourth-order valence-corrected chi connectivity index (χ4v) is 1.58. The summed E-state index contributed by atoms with van der Waals surface area (Å²) in [5.74, 6) is 0.239. The Labute approximate surface area is 102 Å². The molecule has 0 saturated carbocycles. The fraction of sp³-hybridized carbons (Fsp3) is 0.462. The zero-order valence-electron chi connectivity index (χ0n) is 10.6. The second-order valence-corrected chi connectivity index (χ2v) is 4.23. The highest BCUT2D eigenvalue weighted by Gasteiger charge is 2.15. The molecule has 0 aliphatic carbocycles. The van der Waals surface area contributed by atoms with Crippen LogP contribution in [0.25, 0.3) is 0 Å². The average Bonchev–Trinajstić information content (AvgIpc) is 2.26. The van der Waals surface area contributed by atoms with Gasteiger partial charge in [-0.25, -0.2) is 0 Å². The lowest BCUT2D eigenvalue weighted by Gasteiger charge is -2.17. The monoisotopic (exact) mass is 236 g/mol. The molecule has 1 aromatic rings. The van der Waals surface area contributed by atoms with Gasteiger partial charge in [-0.15, -0.1) is 0 Å². The summed E-state index contributed by atoms with van der Waals surface area (Å²) in [6.45, 7) is 5.71. The van der Waals surface area contributed by atoms with Gasteiger partial charge in [-0.3, -0.25) is 4.79 Å². The van der Waals surface area contributed by atoms with Crippen molar-refractivity contribution in [2.45, 2.75) is 39.3 Å². The third-order valence-electron chi connectivity index (χ3n) is 2.68. The first-order valence-corrected chi connectivity index (χ1v) is 5.77. The first-order valence-electron chi connectivity index (χ1n) is 5.77. The number of primary amides is 1. The second-order valence-electron chi connectivity index (χ2n) is 4.23. The molecule has 1 aromatic carbocycles. The Kier molecular flexibility index (Phi) is 4.52. The first-order chi connectivity index (χ1) is 7.95. The first kappa shape index (κ1) is 13.5. The van der Waals surface area contributed by atoms with Crippen molar-refractivity contribution < 1.29 is 9.53 Å². The minimum absolute atomic E-state index is 0.0131. The number of aryl methyl sites for hydroxylation is 1. The molecule has 0 radical (unpaired) electrons. The minimum Gasteiger partial charge on any atom is -0.480 e. The van der Waals surface area contributed by atoms with Crippen LogP contribution in [0.4, 0.5) is 0 Å². The van der Waals surface area contributed by atoms with Crippen molar-refractivity contribution in [3.63, 3.8) is 0 Å². The van der Waals surface area contributed by atoms with E-state index in [-0.39, 0.29) is 6.04 Å². The summed E-state index contributed by atoms with van der Waals surface area (Å²) in [5.41, 5.74) is 13.0. The van der Waals surface area contributed by atoms with Crippen LogP contribution in [0, 0.1) is 6.92 Å². The van der Waals surface area contributed by atoms with Gasteiger partial charge in [-0.05, 0) is 37.5 Å². The van der Waals surface area contributed by atoms with Gasteiger partial charge in [-0.2, -0.15) is 0 Å². The van der Waals surface area contributed by atoms with E-state index in [1.54, 1.807) is 0 Å². The van der Waals surface area contributed by atoms with E-state index in [0.717, 1.165) is 11.1 Å². The van der Waals surface area contributed by atoms with Gasteiger partial charge >= 0.3 is 0 Å². The Hall–Kier alpha value is -1.55. The number of rotatable bonds is 5. The molecule has 2 atom stereocenters. The van der Waals surface area contributed by atoms with Crippen LogP contribution in [0.15, 0.2) is 18.2 Å². The number of ether oxygens (including phenoxy) is 1. The predicted molar refractivity (Wildman–Crippen MR) is 67.7 cm³/mol. The summed E-state index contributed by atoms with van der Waals surface area (Å²) in [7, 11) is 0. The van der Waals surface area contributed by atoms with Crippen LogP contribution in [-0.2, 0) is 4.79 Å². The second kappa shape index (κ2) is 5.68. The van der Waals surface area contributed by atoms with Crippen LogP contribution < -0.4 is 16.2 Å². The highest BCUT2D eigenvalue weighted by atomic mass is 16.5. The molecule has 0 aliphatic rings. The summed E-state index contributed by atoms with van der Waals surface area (Å²) in [4.78, 5) is 11.1.